The first kappa shape index (κ1) is 24.7. The highest BCUT2D eigenvalue weighted by Gasteiger charge is 2.39. The van der Waals surface area contributed by atoms with Crippen LogP contribution in [0.1, 0.15) is 49.7 Å². The summed E-state index contributed by atoms with van der Waals surface area (Å²) in [5.74, 6) is -0.285. The lowest BCUT2D eigenvalue weighted by Crippen LogP contribution is -2.59. The summed E-state index contributed by atoms with van der Waals surface area (Å²) in [6.45, 7) is 5.62. The zero-order valence-corrected chi connectivity index (χ0v) is 21.1. The van der Waals surface area contributed by atoms with E-state index in [1.807, 2.05) is 6.07 Å². The Balaban J connectivity index is 1.60. The van der Waals surface area contributed by atoms with Gasteiger partial charge in [0.1, 0.15) is 35.1 Å². The molecule has 4 aromatic rings. The van der Waals surface area contributed by atoms with Crippen LogP contribution in [0, 0.1) is 17.1 Å². The second-order valence-corrected chi connectivity index (χ2v) is 9.45. The number of hydrogen-bond donors (Lipinski definition) is 0. The average molecular weight is 501 g/mol. The Hall–Kier alpha value is -4.03. The van der Waals surface area contributed by atoms with Gasteiger partial charge >= 0.3 is 0 Å². The van der Waals surface area contributed by atoms with Crippen molar-refractivity contribution in [3.05, 3.63) is 87.9 Å². The van der Waals surface area contributed by atoms with Crippen molar-refractivity contribution in [2.24, 2.45) is 7.05 Å². The number of hydrogen-bond acceptors (Lipinski definition) is 7. The monoisotopic (exact) mass is 500 g/mol. The molecule has 0 bridgehead atoms. The summed E-state index contributed by atoms with van der Waals surface area (Å²) in [4.78, 5) is 22.2. The topological polar surface area (TPSA) is 91.2 Å². The minimum atomic E-state index is -0.285. The van der Waals surface area contributed by atoms with E-state index in [-0.39, 0.29) is 29.5 Å². The fourth-order valence-electron chi connectivity index (χ4n) is 5.43. The highest BCUT2D eigenvalue weighted by Crippen LogP contribution is 2.37. The first-order valence-electron chi connectivity index (χ1n) is 12.5. The predicted octanol–water partition coefficient (Wildman–Crippen LogP) is 4.40. The number of nitrogens with zero attached hydrogens (tertiary/aromatic N) is 6. The number of piperazine rings is 1. The van der Waals surface area contributed by atoms with Gasteiger partial charge in [0, 0.05) is 44.4 Å². The molecule has 1 aliphatic heterocycles. The molecule has 3 aromatic heterocycles. The zero-order valence-electron chi connectivity index (χ0n) is 21.1. The lowest BCUT2D eigenvalue weighted by molar-refractivity contribution is 0.107. The molecule has 1 aromatic carbocycles. The average Bonchev–Trinajstić information content (AvgIpc) is 3.46. The van der Waals surface area contributed by atoms with Crippen molar-refractivity contribution in [1.29, 1.82) is 5.26 Å². The van der Waals surface area contributed by atoms with Crippen LogP contribution in [0.25, 0.3) is 11.0 Å². The van der Waals surface area contributed by atoms with Gasteiger partial charge in [0.25, 0.3) is 5.56 Å². The molecule has 37 heavy (non-hydrogen) atoms. The van der Waals surface area contributed by atoms with E-state index in [0.29, 0.717) is 29.8 Å². The van der Waals surface area contributed by atoms with Gasteiger partial charge in [-0.3, -0.25) is 9.69 Å². The summed E-state index contributed by atoms with van der Waals surface area (Å²) < 4.78 is 20.5. The van der Waals surface area contributed by atoms with Gasteiger partial charge in [0.2, 0.25) is 0 Å². The fraction of sp³-hybridized carbons (Fsp3) is 0.357. The van der Waals surface area contributed by atoms with E-state index in [2.05, 4.69) is 39.9 Å². The van der Waals surface area contributed by atoms with Crippen LogP contribution in [-0.2, 0) is 7.05 Å². The molecule has 0 spiro atoms. The number of anilines is 1. The number of benzene rings is 1. The zero-order chi connectivity index (χ0) is 26.1. The normalized spacial score (nSPS) is 19.2. The van der Waals surface area contributed by atoms with Gasteiger partial charge in [0.15, 0.2) is 0 Å². The largest absolute Gasteiger partial charge is 0.364 e. The maximum Gasteiger partial charge on any atom is 0.252 e. The van der Waals surface area contributed by atoms with Gasteiger partial charge in [-0.2, -0.15) is 5.26 Å². The van der Waals surface area contributed by atoms with E-state index in [1.54, 1.807) is 48.2 Å². The molecule has 1 aliphatic rings. The number of aryl methyl sites for hydroxylation is 1. The van der Waals surface area contributed by atoms with E-state index in [9.17, 15) is 14.4 Å². The van der Waals surface area contributed by atoms with Crippen molar-refractivity contribution in [1.82, 2.24) is 19.6 Å². The van der Waals surface area contributed by atoms with Crippen molar-refractivity contribution in [2.75, 3.05) is 18.0 Å². The molecule has 5 rings (SSSR count). The van der Waals surface area contributed by atoms with Crippen LogP contribution in [0.4, 0.5) is 10.1 Å². The van der Waals surface area contributed by atoms with Gasteiger partial charge < -0.3 is 14.0 Å². The number of nitriles is 1. The molecule has 190 valence electrons. The number of aromatic nitrogens is 3. The third-order valence-corrected chi connectivity index (χ3v) is 7.43. The highest BCUT2D eigenvalue weighted by atomic mass is 19.1. The maximum atomic E-state index is 13.8. The number of rotatable bonds is 6. The van der Waals surface area contributed by atoms with E-state index in [4.69, 9.17) is 4.52 Å². The molecular weight excluding hydrogens is 471 g/mol. The Kier molecular flexibility index (Phi) is 6.76. The summed E-state index contributed by atoms with van der Waals surface area (Å²) in [7, 11) is 1.72. The molecule has 0 saturated carbocycles. The van der Waals surface area contributed by atoms with E-state index in [0.717, 1.165) is 29.8 Å². The second kappa shape index (κ2) is 10.1. The number of pyridine rings is 2. The van der Waals surface area contributed by atoms with Crippen molar-refractivity contribution in [3.8, 4) is 6.07 Å². The third kappa shape index (κ3) is 4.49. The van der Waals surface area contributed by atoms with E-state index < -0.39 is 0 Å². The smallest absolute Gasteiger partial charge is 0.252 e. The maximum absolute atomic E-state index is 13.8. The molecule has 1 saturated heterocycles. The second-order valence-electron chi connectivity index (χ2n) is 9.45. The van der Waals surface area contributed by atoms with Crippen LogP contribution in [-0.4, -0.2) is 44.8 Å². The molecule has 1 fully saturated rings. The minimum Gasteiger partial charge on any atom is -0.364 e. The molecule has 3 atom stereocenters. The van der Waals surface area contributed by atoms with Gasteiger partial charge in [-0.1, -0.05) is 31.1 Å². The van der Waals surface area contributed by atoms with E-state index >= 15 is 0 Å². The molecule has 4 heterocycles. The lowest BCUT2D eigenvalue weighted by atomic mass is 9.94. The van der Waals surface area contributed by atoms with Gasteiger partial charge in [0.05, 0.1) is 17.2 Å². The van der Waals surface area contributed by atoms with E-state index in [1.165, 1.54) is 12.1 Å². The van der Waals surface area contributed by atoms with Crippen LogP contribution < -0.4 is 10.5 Å². The SMILES string of the molecule is CCC1CN(c2cc(=O)n(C)c3ccc(C#N)nc23)[C@@H](CC)CN1C(c1ccc(F)cc1)c1ccon1. The van der Waals surface area contributed by atoms with Gasteiger partial charge in [-0.05, 0) is 42.7 Å². The highest BCUT2D eigenvalue weighted by molar-refractivity contribution is 5.89. The van der Waals surface area contributed by atoms with Crippen LogP contribution in [0.5, 0.6) is 0 Å². The number of halogens is 1. The molecule has 0 amide bonds. The molecule has 0 radical (unpaired) electrons. The summed E-state index contributed by atoms with van der Waals surface area (Å²) in [5.41, 5.74) is 4.00. The standard InChI is InChI=1S/C28H29FN6O2/c1-4-21-17-35(28(23-12-13-37-32-23)18-6-8-19(29)9-7-18)22(5-2)16-34(21)25-14-26(36)33(3)24-11-10-20(15-30)31-27(24)25/h6-14,21-22,28H,4-5,16-17H2,1-3H3/t21-,22?,28?/m0/s1. The lowest BCUT2D eigenvalue weighted by Gasteiger charge is -2.49. The summed E-state index contributed by atoms with van der Waals surface area (Å²) >= 11 is 0. The van der Waals surface area contributed by atoms with Crippen molar-refractivity contribution < 1.29 is 8.91 Å². The van der Waals surface area contributed by atoms with Crippen molar-refractivity contribution in [2.45, 2.75) is 44.8 Å². The Bertz CT molecular complexity index is 1490. The Morgan fingerprint density at radius 3 is 2.51 bits per heavy atom. The van der Waals surface area contributed by atoms with Crippen LogP contribution in [0.3, 0.4) is 0 Å². The first-order chi connectivity index (χ1) is 17.9. The minimum absolute atomic E-state index is 0.0699. The van der Waals surface area contributed by atoms with Gasteiger partial charge in [-0.15, -0.1) is 0 Å². The summed E-state index contributed by atoms with van der Waals surface area (Å²) in [6, 6.07) is 15.6. The van der Waals surface area contributed by atoms with Gasteiger partial charge in [-0.25, -0.2) is 9.37 Å². The summed E-state index contributed by atoms with van der Waals surface area (Å²) in [6.07, 6.45) is 3.24. The number of fused-ring (bicyclic) bond motifs is 1. The Labute approximate surface area is 214 Å². The molecule has 8 nitrogen and oxygen atoms in total. The van der Waals surface area contributed by atoms with Crippen molar-refractivity contribution in [3.63, 3.8) is 0 Å². The fourth-order valence-corrected chi connectivity index (χ4v) is 5.43. The Morgan fingerprint density at radius 1 is 1.11 bits per heavy atom. The van der Waals surface area contributed by atoms with Crippen LogP contribution in [0.2, 0.25) is 0 Å². The predicted molar refractivity (Wildman–Crippen MR) is 139 cm³/mol. The van der Waals surface area contributed by atoms with Crippen LogP contribution in [0.15, 0.2) is 64.1 Å². The van der Waals surface area contributed by atoms with Crippen LogP contribution >= 0.6 is 0 Å². The molecule has 9 heteroatoms. The van der Waals surface area contributed by atoms with Crippen molar-refractivity contribution >= 4 is 16.7 Å². The first-order valence-corrected chi connectivity index (χ1v) is 12.5. The quantitative estimate of drug-likeness (QED) is 0.388. The third-order valence-electron chi connectivity index (χ3n) is 7.43. The Morgan fingerprint density at radius 2 is 1.86 bits per heavy atom. The molecular formula is C28H29FN6O2. The summed E-state index contributed by atoms with van der Waals surface area (Å²) in [5, 5.41) is 13.7. The molecule has 0 aliphatic carbocycles. The molecule has 0 N–H and O–H groups in total. The molecule has 2 unspecified atom stereocenters.